The average molecular weight is 223 g/mol. The van der Waals surface area contributed by atoms with Gasteiger partial charge in [-0.3, -0.25) is 4.79 Å². The summed E-state index contributed by atoms with van der Waals surface area (Å²) in [7, 11) is 1.78. The van der Waals surface area contributed by atoms with Gasteiger partial charge in [0.1, 0.15) is 5.82 Å². The molecule has 1 aromatic rings. The maximum Gasteiger partial charge on any atom is 0.239 e. The molecule has 6 nitrogen and oxygen atoms in total. The van der Waals surface area contributed by atoms with Crippen LogP contribution in [0.15, 0.2) is 12.1 Å². The van der Waals surface area contributed by atoms with Crippen LogP contribution in [0.25, 0.3) is 0 Å². The molecule has 1 heterocycles. The number of amides is 1. The number of rotatable bonds is 4. The zero-order valence-corrected chi connectivity index (χ0v) is 9.77. The molecular weight excluding hydrogens is 206 g/mol. The van der Waals surface area contributed by atoms with Crippen molar-refractivity contribution in [2.24, 2.45) is 0 Å². The van der Waals surface area contributed by atoms with Crippen LogP contribution < -0.4 is 16.0 Å². The molecule has 0 aliphatic carbocycles. The van der Waals surface area contributed by atoms with Crippen LogP contribution in [0.3, 0.4) is 0 Å². The van der Waals surface area contributed by atoms with Crippen LogP contribution in [-0.2, 0) is 4.79 Å². The predicted molar refractivity (Wildman–Crippen MR) is 63.0 cm³/mol. The van der Waals surface area contributed by atoms with E-state index in [-0.39, 0.29) is 18.5 Å². The second-order valence-corrected chi connectivity index (χ2v) is 3.89. The summed E-state index contributed by atoms with van der Waals surface area (Å²) >= 11 is 0. The number of hydrogen-bond acceptors (Lipinski definition) is 5. The molecule has 0 saturated heterocycles. The van der Waals surface area contributed by atoms with E-state index < -0.39 is 0 Å². The molecule has 0 unspecified atom stereocenters. The molecule has 0 saturated carbocycles. The Balaban J connectivity index is 2.55. The third-order valence-electron chi connectivity index (χ3n) is 1.89. The second kappa shape index (κ2) is 5.29. The number of nitrogens with zero attached hydrogens (tertiary/aromatic N) is 3. The van der Waals surface area contributed by atoms with E-state index >= 15 is 0 Å². The molecule has 1 aromatic heterocycles. The fraction of sp³-hybridized carbons (Fsp3) is 0.500. The number of aromatic nitrogens is 2. The first kappa shape index (κ1) is 12.2. The van der Waals surface area contributed by atoms with Crippen molar-refractivity contribution in [2.45, 2.75) is 19.9 Å². The zero-order chi connectivity index (χ0) is 12.1. The van der Waals surface area contributed by atoms with E-state index in [1.165, 1.54) is 0 Å². The van der Waals surface area contributed by atoms with Gasteiger partial charge in [-0.05, 0) is 26.0 Å². The van der Waals surface area contributed by atoms with Crippen molar-refractivity contribution in [1.29, 1.82) is 0 Å². The predicted octanol–water partition coefficient (Wildman–Crippen LogP) is 0.0196. The van der Waals surface area contributed by atoms with Crippen molar-refractivity contribution in [3.05, 3.63) is 12.1 Å². The van der Waals surface area contributed by atoms with E-state index in [4.69, 9.17) is 5.73 Å². The minimum Gasteiger partial charge on any atom is -0.382 e. The Bertz CT molecular complexity index is 349. The quantitative estimate of drug-likeness (QED) is 0.751. The van der Waals surface area contributed by atoms with Crippen LogP contribution >= 0.6 is 0 Å². The second-order valence-electron chi connectivity index (χ2n) is 3.89. The number of carbonyl (C=O) groups is 1. The molecule has 0 radical (unpaired) electrons. The van der Waals surface area contributed by atoms with Gasteiger partial charge in [-0.25, -0.2) is 0 Å². The summed E-state index contributed by atoms with van der Waals surface area (Å²) in [6.45, 7) is 4.08. The third kappa shape index (κ3) is 3.72. The van der Waals surface area contributed by atoms with Gasteiger partial charge in [0.2, 0.25) is 5.91 Å². The van der Waals surface area contributed by atoms with Gasteiger partial charge < -0.3 is 16.0 Å². The van der Waals surface area contributed by atoms with E-state index in [1.54, 1.807) is 24.1 Å². The normalized spacial score (nSPS) is 10.2. The largest absolute Gasteiger partial charge is 0.382 e. The van der Waals surface area contributed by atoms with Gasteiger partial charge in [-0.2, -0.15) is 0 Å². The zero-order valence-electron chi connectivity index (χ0n) is 9.77. The van der Waals surface area contributed by atoms with Gasteiger partial charge in [0, 0.05) is 13.1 Å². The van der Waals surface area contributed by atoms with Gasteiger partial charge >= 0.3 is 0 Å². The first-order valence-corrected chi connectivity index (χ1v) is 5.08. The van der Waals surface area contributed by atoms with E-state index in [0.29, 0.717) is 11.6 Å². The number of nitrogens with one attached hydrogen (secondary N) is 1. The number of nitrogens with two attached hydrogens (primary N) is 1. The minimum absolute atomic E-state index is 0.0453. The van der Waals surface area contributed by atoms with Crippen LogP contribution in [0, 0.1) is 0 Å². The molecule has 0 aliphatic heterocycles. The number of likely N-dealkylation sites (N-methyl/N-ethyl adjacent to an activating group) is 1. The number of nitrogen functional groups attached to an aromatic ring is 1. The highest BCUT2D eigenvalue weighted by molar-refractivity contribution is 5.81. The highest BCUT2D eigenvalue weighted by Gasteiger charge is 2.09. The first-order chi connectivity index (χ1) is 7.49. The van der Waals surface area contributed by atoms with Crippen molar-refractivity contribution in [3.63, 3.8) is 0 Å². The summed E-state index contributed by atoms with van der Waals surface area (Å²) in [5.41, 5.74) is 5.42. The summed E-state index contributed by atoms with van der Waals surface area (Å²) in [5, 5.41) is 10.4. The van der Waals surface area contributed by atoms with Crippen molar-refractivity contribution in [1.82, 2.24) is 15.5 Å². The summed E-state index contributed by atoms with van der Waals surface area (Å²) in [5.74, 6) is 0.938. The number of anilines is 2. The molecule has 0 atom stereocenters. The van der Waals surface area contributed by atoms with Crippen molar-refractivity contribution >= 4 is 17.5 Å². The molecule has 1 amide bonds. The monoisotopic (exact) mass is 223 g/mol. The Kier molecular flexibility index (Phi) is 4.04. The summed E-state index contributed by atoms with van der Waals surface area (Å²) in [6.07, 6.45) is 0. The Morgan fingerprint density at radius 3 is 2.69 bits per heavy atom. The van der Waals surface area contributed by atoms with Gasteiger partial charge in [0.05, 0.1) is 6.54 Å². The minimum atomic E-state index is -0.0453. The van der Waals surface area contributed by atoms with Crippen LogP contribution in [0.2, 0.25) is 0 Å². The van der Waals surface area contributed by atoms with Crippen LogP contribution in [-0.4, -0.2) is 35.7 Å². The van der Waals surface area contributed by atoms with Crippen LogP contribution in [0.5, 0.6) is 0 Å². The highest BCUT2D eigenvalue weighted by Crippen LogP contribution is 2.07. The van der Waals surface area contributed by atoms with Crippen LogP contribution in [0.4, 0.5) is 11.6 Å². The maximum atomic E-state index is 11.5. The van der Waals surface area contributed by atoms with Crippen LogP contribution in [0.1, 0.15) is 13.8 Å². The molecule has 3 N–H and O–H groups in total. The van der Waals surface area contributed by atoms with Crippen molar-refractivity contribution in [3.8, 4) is 0 Å². The van der Waals surface area contributed by atoms with E-state index in [2.05, 4.69) is 15.5 Å². The first-order valence-electron chi connectivity index (χ1n) is 5.08. The highest BCUT2D eigenvalue weighted by atomic mass is 16.2. The average Bonchev–Trinajstić information content (AvgIpc) is 2.16. The Labute approximate surface area is 94.8 Å². The molecule has 16 heavy (non-hydrogen) atoms. The topological polar surface area (TPSA) is 84.1 Å². The van der Waals surface area contributed by atoms with Crippen molar-refractivity contribution < 1.29 is 4.79 Å². The maximum absolute atomic E-state index is 11.5. The Hall–Kier alpha value is -1.85. The fourth-order valence-corrected chi connectivity index (χ4v) is 1.20. The lowest BCUT2D eigenvalue weighted by atomic mass is 10.3. The summed E-state index contributed by atoms with van der Waals surface area (Å²) in [6, 6.07) is 3.52. The lowest BCUT2D eigenvalue weighted by Crippen LogP contribution is -2.38. The van der Waals surface area contributed by atoms with Gasteiger partial charge in [-0.1, -0.05) is 0 Å². The summed E-state index contributed by atoms with van der Waals surface area (Å²) < 4.78 is 0. The van der Waals surface area contributed by atoms with Gasteiger partial charge in [-0.15, -0.1) is 10.2 Å². The third-order valence-corrected chi connectivity index (χ3v) is 1.89. The van der Waals surface area contributed by atoms with Gasteiger partial charge in [0.15, 0.2) is 5.82 Å². The van der Waals surface area contributed by atoms with E-state index in [0.717, 1.165) is 0 Å². The van der Waals surface area contributed by atoms with Crippen molar-refractivity contribution in [2.75, 3.05) is 24.2 Å². The lowest BCUT2D eigenvalue weighted by molar-refractivity contribution is -0.120. The lowest BCUT2D eigenvalue weighted by Gasteiger charge is -2.17. The Morgan fingerprint density at radius 1 is 1.50 bits per heavy atom. The SMILES string of the molecule is CC(C)NC(=O)CN(C)c1ccc(N)nn1. The van der Waals surface area contributed by atoms with Gasteiger partial charge in [0.25, 0.3) is 0 Å². The molecule has 0 aliphatic rings. The smallest absolute Gasteiger partial charge is 0.239 e. The molecule has 0 aromatic carbocycles. The Morgan fingerprint density at radius 2 is 2.19 bits per heavy atom. The number of hydrogen-bond donors (Lipinski definition) is 2. The standard InChI is InChI=1S/C10H17N5O/c1-7(2)12-10(16)6-15(3)9-5-4-8(11)13-14-9/h4-5,7H,6H2,1-3H3,(H2,11,13)(H,12,16). The molecular formula is C10H17N5O. The molecule has 1 rings (SSSR count). The molecule has 6 heteroatoms. The summed E-state index contributed by atoms with van der Waals surface area (Å²) in [4.78, 5) is 13.2. The molecule has 88 valence electrons. The molecule has 0 fully saturated rings. The van der Waals surface area contributed by atoms with E-state index in [9.17, 15) is 4.79 Å². The number of carbonyl (C=O) groups excluding carboxylic acids is 1. The molecule has 0 spiro atoms. The van der Waals surface area contributed by atoms with E-state index in [1.807, 2.05) is 13.8 Å². The molecule has 0 bridgehead atoms. The fourth-order valence-electron chi connectivity index (χ4n) is 1.20.